The van der Waals surface area contributed by atoms with Gasteiger partial charge in [-0.25, -0.2) is 0 Å². The fourth-order valence-electron chi connectivity index (χ4n) is 3.18. The van der Waals surface area contributed by atoms with Gasteiger partial charge in [0.05, 0.1) is 25.1 Å². The van der Waals surface area contributed by atoms with Crippen LogP contribution < -0.4 is 4.90 Å². The largest absolute Gasteiger partial charge is 0.455 e. The maximum Gasteiger partial charge on any atom is 0.145 e. The number of aryl methyl sites for hydroxylation is 1. The number of benzene rings is 2. The van der Waals surface area contributed by atoms with E-state index in [2.05, 4.69) is 22.0 Å². The van der Waals surface area contributed by atoms with Crippen LogP contribution in [0.3, 0.4) is 0 Å². The summed E-state index contributed by atoms with van der Waals surface area (Å²) in [5, 5.41) is 0.727. The number of hydrogen-bond acceptors (Lipinski definition) is 4. The van der Waals surface area contributed by atoms with Gasteiger partial charge in [-0.3, -0.25) is 4.99 Å². The van der Waals surface area contributed by atoms with Crippen molar-refractivity contribution in [1.29, 1.82) is 0 Å². The van der Waals surface area contributed by atoms with Gasteiger partial charge in [0, 0.05) is 29.4 Å². The van der Waals surface area contributed by atoms with Crippen LogP contribution in [0.15, 0.2) is 64.0 Å². The fourth-order valence-corrected chi connectivity index (χ4v) is 3.41. The summed E-state index contributed by atoms with van der Waals surface area (Å²) in [5.74, 6) is 1.53. The summed E-state index contributed by atoms with van der Waals surface area (Å²) < 4.78 is 11.3. The Kier molecular flexibility index (Phi) is 5.28. The van der Waals surface area contributed by atoms with Crippen LogP contribution in [0.4, 0.5) is 11.4 Å². The highest BCUT2D eigenvalue weighted by Gasteiger charge is 2.10. The molecule has 3 aromatic rings. The first-order chi connectivity index (χ1) is 13.2. The minimum atomic E-state index is 0.719. The van der Waals surface area contributed by atoms with E-state index in [1.54, 1.807) is 6.21 Å². The molecule has 138 valence electrons. The molecule has 1 saturated heterocycles. The van der Waals surface area contributed by atoms with Gasteiger partial charge in [0.25, 0.3) is 0 Å². The fraction of sp³-hybridized carbons (Fsp3) is 0.227. The van der Waals surface area contributed by atoms with Gasteiger partial charge in [0.2, 0.25) is 0 Å². The highest BCUT2D eigenvalue weighted by atomic mass is 35.5. The minimum Gasteiger partial charge on any atom is -0.455 e. The van der Waals surface area contributed by atoms with Gasteiger partial charge in [-0.15, -0.1) is 0 Å². The second kappa shape index (κ2) is 7.99. The predicted octanol–water partition coefficient (Wildman–Crippen LogP) is 5.50. The van der Waals surface area contributed by atoms with Crippen LogP contribution in [0.5, 0.6) is 0 Å². The summed E-state index contributed by atoms with van der Waals surface area (Å²) in [5.41, 5.74) is 4.22. The zero-order valence-corrected chi connectivity index (χ0v) is 15.9. The standard InChI is InChI=1S/C22H21ClN2O2/c1-16-14-17(23)2-8-21(16)22-9-7-20(27-22)15-24-18-3-5-19(6-4-18)25-10-12-26-13-11-25/h2-9,14-15H,10-13H2,1H3. The molecule has 2 aromatic carbocycles. The summed E-state index contributed by atoms with van der Waals surface area (Å²) in [4.78, 5) is 6.85. The normalized spacial score (nSPS) is 14.8. The lowest BCUT2D eigenvalue weighted by molar-refractivity contribution is 0.122. The summed E-state index contributed by atoms with van der Waals surface area (Å²) in [7, 11) is 0. The summed E-state index contributed by atoms with van der Waals surface area (Å²) >= 11 is 6.03. The van der Waals surface area contributed by atoms with Crippen molar-refractivity contribution < 1.29 is 9.15 Å². The second-order valence-electron chi connectivity index (χ2n) is 6.54. The van der Waals surface area contributed by atoms with E-state index in [9.17, 15) is 0 Å². The first kappa shape index (κ1) is 17.8. The van der Waals surface area contributed by atoms with Gasteiger partial charge in [-0.2, -0.15) is 0 Å². The van der Waals surface area contributed by atoms with E-state index in [0.717, 1.165) is 59.7 Å². The Labute approximate surface area is 164 Å². The molecular weight excluding hydrogens is 360 g/mol. The summed E-state index contributed by atoms with van der Waals surface area (Å²) in [6.07, 6.45) is 1.75. The molecule has 0 radical (unpaired) electrons. The van der Waals surface area contributed by atoms with E-state index in [4.69, 9.17) is 20.8 Å². The van der Waals surface area contributed by atoms with Gasteiger partial charge >= 0.3 is 0 Å². The van der Waals surface area contributed by atoms with Gasteiger partial charge in [0.1, 0.15) is 11.5 Å². The number of ether oxygens (including phenoxy) is 1. The van der Waals surface area contributed by atoms with Crippen molar-refractivity contribution in [2.45, 2.75) is 6.92 Å². The highest BCUT2D eigenvalue weighted by Crippen LogP contribution is 2.27. The number of morpholine rings is 1. The van der Waals surface area contributed by atoms with E-state index in [1.165, 1.54) is 5.69 Å². The number of anilines is 1. The summed E-state index contributed by atoms with van der Waals surface area (Å²) in [6.45, 7) is 5.46. The average molecular weight is 381 g/mol. The zero-order valence-electron chi connectivity index (χ0n) is 15.2. The van der Waals surface area contributed by atoms with Crippen LogP contribution in [-0.2, 0) is 4.74 Å². The van der Waals surface area contributed by atoms with E-state index < -0.39 is 0 Å². The van der Waals surface area contributed by atoms with Crippen molar-refractivity contribution in [3.63, 3.8) is 0 Å². The monoisotopic (exact) mass is 380 g/mol. The Balaban J connectivity index is 1.46. The van der Waals surface area contributed by atoms with Gasteiger partial charge in [-0.1, -0.05) is 11.6 Å². The first-order valence-electron chi connectivity index (χ1n) is 9.02. The van der Waals surface area contributed by atoms with E-state index in [-0.39, 0.29) is 0 Å². The molecule has 4 rings (SSSR count). The van der Waals surface area contributed by atoms with E-state index >= 15 is 0 Å². The van der Waals surface area contributed by atoms with Crippen molar-refractivity contribution in [2.75, 3.05) is 31.2 Å². The molecule has 4 nitrogen and oxygen atoms in total. The smallest absolute Gasteiger partial charge is 0.145 e. The molecule has 1 fully saturated rings. The molecule has 0 N–H and O–H groups in total. The predicted molar refractivity (Wildman–Crippen MR) is 111 cm³/mol. The number of aliphatic imine (C=N–C) groups is 1. The van der Waals surface area contributed by atoms with Crippen LogP contribution in [-0.4, -0.2) is 32.5 Å². The minimum absolute atomic E-state index is 0.719. The molecule has 1 aromatic heterocycles. The van der Waals surface area contributed by atoms with Gasteiger partial charge in [0.15, 0.2) is 0 Å². The molecule has 0 atom stereocenters. The van der Waals surface area contributed by atoms with Crippen molar-refractivity contribution >= 4 is 29.2 Å². The van der Waals surface area contributed by atoms with Crippen molar-refractivity contribution in [2.24, 2.45) is 4.99 Å². The SMILES string of the molecule is Cc1cc(Cl)ccc1-c1ccc(C=Nc2ccc(N3CCOCC3)cc2)o1. The Bertz CT molecular complexity index is 941. The Morgan fingerprint density at radius 1 is 1.00 bits per heavy atom. The van der Waals surface area contributed by atoms with Gasteiger partial charge in [-0.05, 0) is 67.1 Å². The molecule has 0 spiro atoms. The molecule has 0 amide bonds. The molecule has 0 aliphatic carbocycles. The molecule has 2 heterocycles. The molecule has 1 aliphatic rings. The number of nitrogens with zero attached hydrogens (tertiary/aromatic N) is 2. The Morgan fingerprint density at radius 3 is 2.52 bits per heavy atom. The van der Waals surface area contributed by atoms with Crippen LogP contribution in [0.2, 0.25) is 5.02 Å². The number of furan rings is 1. The molecule has 0 saturated carbocycles. The average Bonchev–Trinajstić information content (AvgIpc) is 3.16. The zero-order chi connectivity index (χ0) is 18.6. The van der Waals surface area contributed by atoms with Crippen molar-refractivity contribution in [3.05, 3.63) is 70.9 Å². The number of rotatable bonds is 4. The maximum atomic E-state index is 6.03. The second-order valence-corrected chi connectivity index (χ2v) is 6.97. The maximum absolute atomic E-state index is 6.03. The Morgan fingerprint density at radius 2 is 1.78 bits per heavy atom. The molecule has 1 aliphatic heterocycles. The number of halogens is 1. The molecule has 27 heavy (non-hydrogen) atoms. The van der Waals surface area contributed by atoms with E-state index in [1.807, 2.05) is 49.4 Å². The number of hydrogen-bond donors (Lipinski definition) is 0. The van der Waals surface area contributed by atoms with Crippen LogP contribution >= 0.6 is 11.6 Å². The first-order valence-corrected chi connectivity index (χ1v) is 9.40. The van der Waals surface area contributed by atoms with Crippen LogP contribution in [0.25, 0.3) is 11.3 Å². The van der Waals surface area contributed by atoms with Gasteiger partial charge < -0.3 is 14.1 Å². The molecule has 0 bridgehead atoms. The Hall–Kier alpha value is -2.56. The lowest BCUT2D eigenvalue weighted by atomic mass is 10.1. The lowest BCUT2D eigenvalue weighted by Crippen LogP contribution is -2.36. The van der Waals surface area contributed by atoms with Crippen molar-refractivity contribution in [3.8, 4) is 11.3 Å². The van der Waals surface area contributed by atoms with Crippen LogP contribution in [0, 0.1) is 6.92 Å². The van der Waals surface area contributed by atoms with Crippen LogP contribution in [0.1, 0.15) is 11.3 Å². The van der Waals surface area contributed by atoms with Crippen molar-refractivity contribution in [1.82, 2.24) is 0 Å². The molecule has 0 unspecified atom stereocenters. The highest BCUT2D eigenvalue weighted by molar-refractivity contribution is 6.30. The molecule has 5 heteroatoms. The third kappa shape index (κ3) is 4.24. The topological polar surface area (TPSA) is 38.0 Å². The quantitative estimate of drug-likeness (QED) is 0.561. The summed E-state index contributed by atoms with van der Waals surface area (Å²) in [6, 6.07) is 17.9. The third-order valence-electron chi connectivity index (χ3n) is 4.65. The molecular formula is C22H21ClN2O2. The van der Waals surface area contributed by atoms with E-state index in [0.29, 0.717) is 0 Å². The third-order valence-corrected chi connectivity index (χ3v) is 4.88. The lowest BCUT2D eigenvalue weighted by Gasteiger charge is -2.28.